The minimum absolute atomic E-state index is 0.180. The predicted molar refractivity (Wildman–Crippen MR) is 61.7 cm³/mol. The maximum Gasteiger partial charge on any atom is 0.154 e. The molecule has 1 atom stereocenters. The summed E-state index contributed by atoms with van der Waals surface area (Å²) in [5, 5.41) is -0.180. The van der Waals surface area contributed by atoms with E-state index >= 15 is 0 Å². The van der Waals surface area contributed by atoms with E-state index in [1.807, 2.05) is 11.9 Å². The normalized spacial score (nSPS) is 24.0. The third-order valence-corrected chi connectivity index (χ3v) is 5.23. The van der Waals surface area contributed by atoms with Crippen molar-refractivity contribution in [3.05, 3.63) is 18.2 Å². The van der Waals surface area contributed by atoms with Gasteiger partial charge in [-0.2, -0.15) is 0 Å². The van der Waals surface area contributed by atoms with Crippen molar-refractivity contribution in [3.8, 4) is 0 Å². The molecule has 2 rings (SSSR count). The molecule has 5 nitrogen and oxygen atoms in total. The van der Waals surface area contributed by atoms with E-state index in [-0.39, 0.29) is 5.25 Å². The van der Waals surface area contributed by atoms with E-state index in [4.69, 9.17) is 0 Å². The Morgan fingerprint density at radius 3 is 3.00 bits per heavy atom. The quantitative estimate of drug-likeness (QED) is 0.832. The van der Waals surface area contributed by atoms with Crippen molar-refractivity contribution >= 4 is 9.84 Å². The number of imidazole rings is 1. The number of H-pyrrole nitrogens is 1. The number of hydrogen-bond donors (Lipinski definition) is 1. The Hall–Kier alpha value is -0.880. The lowest BCUT2D eigenvalue weighted by Crippen LogP contribution is -2.32. The molecule has 1 aromatic heterocycles. The zero-order chi connectivity index (χ0) is 11.6. The van der Waals surface area contributed by atoms with Crippen molar-refractivity contribution in [3.63, 3.8) is 0 Å². The second-order valence-electron chi connectivity index (χ2n) is 4.40. The first-order valence-corrected chi connectivity index (χ1v) is 7.17. The van der Waals surface area contributed by atoms with Crippen LogP contribution >= 0.6 is 0 Å². The summed E-state index contributed by atoms with van der Waals surface area (Å²) in [6.45, 7) is 1.33. The highest BCUT2D eigenvalue weighted by Crippen LogP contribution is 2.20. The molecule has 1 aliphatic rings. The Morgan fingerprint density at radius 2 is 2.44 bits per heavy atom. The van der Waals surface area contributed by atoms with E-state index < -0.39 is 9.84 Å². The molecule has 0 saturated carbocycles. The fraction of sp³-hybridized carbons (Fsp3) is 0.700. The third-order valence-electron chi connectivity index (χ3n) is 2.97. The van der Waals surface area contributed by atoms with E-state index in [1.165, 1.54) is 0 Å². The summed E-state index contributed by atoms with van der Waals surface area (Å²) in [5.41, 5.74) is 1.01. The number of aromatic nitrogens is 2. The van der Waals surface area contributed by atoms with Gasteiger partial charge < -0.3 is 4.98 Å². The first-order chi connectivity index (χ1) is 7.58. The van der Waals surface area contributed by atoms with Crippen LogP contribution in [0.3, 0.4) is 0 Å². The Balaban J connectivity index is 1.90. The van der Waals surface area contributed by atoms with Crippen LogP contribution in [-0.2, 0) is 16.4 Å². The van der Waals surface area contributed by atoms with Crippen LogP contribution in [0.5, 0.6) is 0 Å². The Labute approximate surface area is 95.8 Å². The molecule has 2 heterocycles. The lowest BCUT2D eigenvalue weighted by Gasteiger charge is -2.19. The maximum atomic E-state index is 11.7. The Bertz CT molecular complexity index is 427. The van der Waals surface area contributed by atoms with Gasteiger partial charge in [-0.25, -0.2) is 13.4 Å². The average Bonchev–Trinajstić information content (AvgIpc) is 2.78. The second kappa shape index (κ2) is 4.55. The van der Waals surface area contributed by atoms with Crippen LogP contribution in [0, 0.1) is 0 Å². The molecular formula is C10H17N3O2S. The standard InChI is InChI=1S/C10H17N3O2S/c1-13(6-9-5-11-8-12-9)7-10-3-2-4-16(10,14)15/h5,8,10H,2-4,6-7H2,1H3,(H,11,12). The average molecular weight is 243 g/mol. The van der Waals surface area contributed by atoms with Crippen molar-refractivity contribution in [2.45, 2.75) is 24.6 Å². The molecule has 0 spiro atoms. The summed E-state index contributed by atoms with van der Waals surface area (Å²) in [7, 11) is -0.889. The van der Waals surface area contributed by atoms with Gasteiger partial charge in [0.05, 0.1) is 17.3 Å². The van der Waals surface area contributed by atoms with Crippen LogP contribution in [0.25, 0.3) is 0 Å². The number of hydrogen-bond acceptors (Lipinski definition) is 4. The molecule has 0 radical (unpaired) electrons. The first-order valence-electron chi connectivity index (χ1n) is 5.45. The van der Waals surface area contributed by atoms with Crippen LogP contribution in [0.2, 0.25) is 0 Å². The number of aromatic amines is 1. The van der Waals surface area contributed by atoms with Gasteiger partial charge in [0, 0.05) is 25.0 Å². The summed E-state index contributed by atoms with van der Waals surface area (Å²) < 4.78 is 23.3. The highest BCUT2D eigenvalue weighted by Gasteiger charge is 2.31. The van der Waals surface area contributed by atoms with Crippen molar-refractivity contribution < 1.29 is 8.42 Å². The molecule has 1 unspecified atom stereocenters. The zero-order valence-corrected chi connectivity index (χ0v) is 10.2. The van der Waals surface area contributed by atoms with Crippen LogP contribution < -0.4 is 0 Å². The summed E-state index contributed by atoms with van der Waals surface area (Å²) in [6, 6.07) is 0. The molecule has 1 fully saturated rings. The van der Waals surface area contributed by atoms with Gasteiger partial charge in [-0.1, -0.05) is 0 Å². The number of sulfone groups is 1. The van der Waals surface area contributed by atoms with Crippen LogP contribution in [0.1, 0.15) is 18.5 Å². The SMILES string of the molecule is CN(Cc1cnc[nH]1)CC1CCCS1(=O)=O. The highest BCUT2D eigenvalue weighted by atomic mass is 32.2. The molecule has 1 saturated heterocycles. The molecule has 0 bridgehead atoms. The molecule has 1 aliphatic heterocycles. The van der Waals surface area contributed by atoms with Gasteiger partial charge >= 0.3 is 0 Å². The molecule has 1 N–H and O–H groups in total. The fourth-order valence-electron chi connectivity index (χ4n) is 2.14. The summed E-state index contributed by atoms with van der Waals surface area (Å²) in [6.07, 6.45) is 5.01. The van der Waals surface area contributed by atoms with E-state index in [2.05, 4.69) is 9.97 Å². The third kappa shape index (κ3) is 2.62. The molecule has 1 aromatic rings. The minimum Gasteiger partial charge on any atom is -0.347 e. The van der Waals surface area contributed by atoms with Gasteiger partial charge in [0.1, 0.15) is 0 Å². The van der Waals surface area contributed by atoms with E-state index in [0.29, 0.717) is 18.8 Å². The lowest BCUT2D eigenvalue weighted by atomic mass is 10.2. The van der Waals surface area contributed by atoms with Gasteiger partial charge in [0.15, 0.2) is 9.84 Å². The fourth-order valence-corrected chi connectivity index (χ4v) is 4.05. The predicted octanol–water partition coefficient (Wildman–Crippen LogP) is 0.419. The molecule has 6 heteroatoms. The molecule has 16 heavy (non-hydrogen) atoms. The van der Waals surface area contributed by atoms with Crippen molar-refractivity contribution in [1.29, 1.82) is 0 Å². The van der Waals surface area contributed by atoms with Gasteiger partial charge in [-0.05, 0) is 19.9 Å². The smallest absolute Gasteiger partial charge is 0.154 e. The van der Waals surface area contributed by atoms with Gasteiger partial charge in [0.25, 0.3) is 0 Å². The van der Waals surface area contributed by atoms with Crippen molar-refractivity contribution in [2.75, 3.05) is 19.3 Å². The minimum atomic E-state index is -2.83. The van der Waals surface area contributed by atoms with Gasteiger partial charge in [-0.15, -0.1) is 0 Å². The van der Waals surface area contributed by atoms with Crippen molar-refractivity contribution in [2.24, 2.45) is 0 Å². The summed E-state index contributed by atoms with van der Waals surface area (Å²) >= 11 is 0. The molecule has 0 aromatic carbocycles. The number of nitrogens with zero attached hydrogens (tertiary/aromatic N) is 2. The van der Waals surface area contributed by atoms with Crippen LogP contribution in [0.15, 0.2) is 12.5 Å². The second-order valence-corrected chi connectivity index (χ2v) is 6.81. The van der Waals surface area contributed by atoms with Crippen LogP contribution in [0.4, 0.5) is 0 Å². The van der Waals surface area contributed by atoms with E-state index in [1.54, 1.807) is 12.5 Å². The largest absolute Gasteiger partial charge is 0.347 e. The molecular weight excluding hydrogens is 226 g/mol. The number of rotatable bonds is 4. The first kappa shape index (κ1) is 11.6. The van der Waals surface area contributed by atoms with Crippen LogP contribution in [-0.4, -0.2) is 47.9 Å². The molecule has 0 amide bonds. The highest BCUT2D eigenvalue weighted by molar-refractivity contribution is 7.92. The Kier molecular flexibility index (Phi) is 3.30. The topological polar surface area (TPSA) is 66.1 Å². The van der Waals surface area contributed by atoms with Gasteiger partial charge in [-0.3, -0.25) is 4.90 Å². The monoisotopic (exact) mass is 243 g/mol. The maximum absolute atomic E-state index is 11.7. The Morgan fingerprint density at radius 1 is 1.62 bits per heavy atom. The number of nitrogens with one attached hydrogen (secondary N) is 1. The van der Waals surface area contributed by atoms with E-state index in [9.17, 15) is 8.42 Å². The lowest BCUT2D eigenvalue weighted by molar-refractivity contribution is 0.318. The summed E-state index contributed by atoms with van der Waals surface area (Å²) in [5.74, 6) is 0.357. The molecule has 90 valence electrons. The van der Waals surface area contributed by atoms with E-state index in [0.717, 1.165) is 18.5 Å². The summed E-state index contributed by atoms with van der Waals surface area (Å²) in [4.78, 5) is 8.98. The van der Waals surface area contributed by atoms with Crippen molar-refractivity contribution in [1.82, 2.24) is 14.9 Å². The zero-order valence-electron chi connectivity index (χ0n) is 9.39. The van der Waals surface area contributed by atoms with Gasteiger partial charge in [0.2, 0.25) is 0 Å². The molecule has 0 aliphatic carbocycles.